The van der Waals surface area contributed by atoms with Crippen LogP contribution in [0.25, 0.3) is 11.1 Å². The second kappa shape index (κ2) is 8.59. The van der Waals surface area contributed by atoms with Crippen LogP contribution in [0.15, 0.2) is 77.7 Å². The van der Waals surface area contributed by atoms with Gasteiger partial charge in [0.15, 0.2) is 0 Å². The number of rotatable bonds is 7. The quantitative estimate of drug-likeness (QED) is 0.548. The van der Waals surface area contributed by atoms with E-state index in [1.807, 2.05) is 24.3 Å². The Kier molecular flexibility index (Phi) is 5.97. The van der Waals surface area contributed by atoms with Crippen molar-refractivity contribution in [2.24, 2.45) is 0 Å². The lowest BCUT2D eigenvalue weighted by atomic mass is 10.0. The molecule has 0 fully saturated rings. The lowest BCUT2D eigenvalue weighted by molar-refractivity contribution is -0.133. The average molecular weight is 363 g/mol. The molecule has 0 amide bonds. The number of aliphatic carboxylic acids is 1. The molecule has 3 rings (SSSR count). The van der Waals surface area contributed by atoms with Crippen LogP contribution in [-0.4, -0.2) is 16.8 Å². The Balaban J connectivity index is 1.62. The molecule has 3 nitrogen and oxygen atoms in total. The molecule has 26 heavy (non-hydrogen) atoms. The number of carbonyl (C=O) groups is 1. The van der Waals surface area contributed by atoms with Crippen molar-refractivity contribution >= 4 is 23.4 Å². The third kappa shape index (κ3) is 5.14. The van der Waals surface area contributed by atoms with Crippen LogP contribution >= 0.6 is 11.8 Å². The van der Waals surface area contributed by atoms with Crippen molar-refractivity contribution in [1.29, 1.82) is 0 Å². The van der Waals surface area contributed by atoms with E-state index in [1.165, 1.54) is 34.0 Å². The molecule has 0 unspecified atom stereocenters. The van der Waals surface area contributed by atoms with Crippen LogP contribution in [0, 0.1) is 6.92 Å². The van der Waals surface area contributed by atoms with Crippen LogP contribution in [0.4, 0.5) is 5.69 Å². The van der Waals surface area contributed by atoms with Gasteiger partial charge in [-0.05, 0) is 53.9 Å². The highest BCUT2D eigenvalue weighted by molar-refractivity contribution is 8.00. The van der Waals surface area contributed by atoms with Crippen LogP contribution in [0.1, 0.15) is 11.1 Å². The molecule has 0 radical (unpaired) electrons. The highest BCUT2D eigenvalue weighted by Gasteiger charge is 2.02. The van der Waals surface area contributed by atoms with E-state index in [9.17, 15) is 4.79 Å². The summed E-state index contributed by atoms with van der Waals surface area (Å²) in [6, 6.07) is 24.9. The van der Waals surface area contributed by atoms with Gasteiger partial charge in [-0.25, -0.2) is 0 Å². The van der Waals surface area contributed by atoms with Crippen molar-refractivity contribution in [2.75, 3.05) is 11.1 Å². The number of benzene rings is 3. The molecule has 4 heteroatoms. The maximum absolute atomic E-state index is 10.6. The number of hydrogen-bond donors (Lipinski definition) is 2. The second-order valence-corrected chi connectivity index (χ2v) is 7.18. The smallest absolute Gasteiger partial charge is 0.313 e. The Morgan fingerprint density at radius 1 is 0.962 bits per heavy atom. The van der Waals surface area contributed by atoms with Gasteiger partial charge in [-0.15, -0.1) is 11.8 Å². The molecular formula is C22H21NO2S. The first-order chi connectivity index (χ1) is 12.6. The molecule has 132 valence electrons. The van der Waals surface area contributed by atoms with Gasteiger partial charge in [-0.2, -0.15) is 0 Å². The predicted molar refractivity (Wildman–Crippen MR) is 109 cm³/mol. The third-order valence-corrected chi connectivity index (χ3v) is 5.02. The summed E-state index contributed by atoms with van der Waals surface area (Å²) in [7, 11) is 0. The standard InChI is InChI=1S/C22H21NO2S/c1-16-5-7-18(8-6-16)19-4-2-3-17(13-19)14-23-20-9-11-21(12-10-20)26-15-22(24)25/h2-13,23H,14-15H2,1H3,(H,24,25). The molecule has 0 aliphatic heterocycles. The van der Waals surface area contributed by atoms with E-state index in [-0.39, 0.29) is 5.75 Å². The van der Waals surface area contributed by atoms with E-state index in [4.69, 9.17) is 5.11 Å². The molecule has 0 atom stereocenters. The van der Waals surface area contributed by atoms with E-state index >= 15 is 0 Å². The molecule has 0 bridgehead atoms. The monoisotopic (exact) mass is 363 g/mol. The second-order valence-electron chi connectivity index (χ2n) is 6.13. The van der Waals surface area contributed by atoms with Crippen molar-refractivity contribution in [2.45, 2.75) is 18.4 Å². The van der Waals surface area contributed by atoms with E-state index in [0.717, 1.165) is 17.1 Å². The summed E-state index contributed by atoms with van der Waals surface area (Å²) in [5, 5.41) is 12.1. The number of carboxylic acid groups (broad SMARTS) is 1. The molecular weight excluding hydrogens is 342 g/mol. The summed E-state index contributed by atoms with van der Waals surface area (Å²) < 4.78 is 0. The fourth-order valence-corrected chi connectivity index (χ4v) is 3.24. The van der Waals surface area contributed by atoms with Crippen LogP contribution in [-0.2, 0) is 11.3 Å². The van der Waals surface area contributed by atoms with Crippen LogP contribution < -0.4 is 5.32 Å². The first-order valence-corrected chi connectivity index (χ1v) is 9.43. The van der Waals surface area contributed by atoms with E-state index in [1.54, 1.807) is 0 Å². The van der Waals surface area contributed by atoms with Gasteiger partial charge in [0.05, 0.1) is 5.75 Å². The molecule has 0 heterocycles. The SMILES string of the molecule is Cc1ccc(-c2cccc(CNc3ccc(SCC(=O)O)cc3)c2)cc1. The maximum Gasteiger partial charge on any atom is 0.313 e. The minimum atomic E-state index is -0.800. The zero-order chi connectivity index (χ0) is 18.4. The maximum atomic E-state index is 10.6. The van der Waals surface area contributed by atoms with Crippen molar-refractivity contribution in [3.8, 4) is 11.1 Å². The Hall–Kier alpha value is -2.72. The molecule has 3 aromatic carbocycles. The number of nitrogens with one attached hydrogen (secondary N) is 1. The number of anilines is 1. The normalized spacial score (nSPS) is 10.5. The molecule has 3 aromatic rings. The van der Waals surface area contributed by atoms with Gasteiger partial charge in [0, 0.05) is 17.1 Å². The highest BCUT2D eigenvalue weighted by atomic mass is 32.2. The van der Waals surface area contributed by atoms with Gasteiger partial charge in [-0.1, -0.05) is 48.0 Å². The largest absolute Gasteiger partial charge is 0.481 e. The van der Waals surface area contributed by atoms with Gasteiger partial charge in [0.2, 0.25) is 0 Å². The molecule has 0 aliphatic rings. The molecule has 0 saturated heterocycles. The van der Waals surface area contributed by atoms with Gasteiger partial charge >= 0.3 is 5.97 Å². The Labute approximate surface area is 158 Å². The van der Waals surface area contributed by atoms with Crippen LogP contribution in [0.3, 0.4) is 0 Å². The molecule has 2 N–H and O–H groups in total. The lowest BCUT2D eigenvalue weighted by Gasteiger charge is -2.09. The summed E-state index contributed by atoms with van der Waals surface area (Å²) in [6.45, 7) is 2.83. The van der Waals surface area contributed by atoms with Crippen molar-refractivity contribution in [1.82, 2.24) is 0 Å². The topological polar surface area (TPSA) is 49.3 Å². The van der Waals surface area contributed by atoms with E-state index < -0.39 is 5.97 Å². The number of thioether (sulfide) groups is 1. The van der Waals surface area contributed by atoms with Gasteiger partial charge < -0.3 is 10.4 Å². The summed E-state index contributed by atoms with van der Waals surface area (Å²) >= 11 is 1.32. The summed E-state index contributed by atoms with van der Waals surface area (Å²) in [6.07, 6.45) is 0. The molecule has 0 saturated carbocycles. The van der Waals surface area contributed by atoms with Crippen molar-refractivity contribution < 1.29 is 9.90 Å². The minimum Gasteiger partial charge on any atom is -0.481 e. The fraction of sp³-hybridized carbons (Fsp3) is 0.136. The first kappa shape index (κ1) is 18.1. The van der Waals surface area contributed by atoms with E-state index in [2.05, 4.69) is 60.8 Å². The zero-order valence-electron chi connectivity index (χ0n) is 14.6. The third-order valence-electron chi connectivity index (χ3n) is 4.03. The zero-order valence-corrected chi connectivity index (χ0v) is 15.4. The molecule has 0 spiro atoms. The van der Waals surface area contributed by atoms with Crippen molar-refractivity contribution in [3.05, 3.63) is 83.9 Å². The number of carboxylic acids is 1. The predicted octanol–water partition coefficient (Wildman–Crippen LogP) is 5.45. The summed E-state index contributed by atoms with van der Waals surface area (Å²) in [5.74, 6) is -0.718. The summed E-state index contributed by atoms with van der Waals surface area (Å²) in [5.41, 5.74) is 5.93. The highest BCUT2D eigenvalue weighted by Crippen LogP contribution is 2.23. The minimum absolute atomic E-state index is 0.0819. The number of hydrogen-bond acceptors (Lipinski definition) is 3. The average Bonchev–Trinajstić information content (AvgIpc) is 2.66. The summed E-state index contributed by atoms with van der Waals surface area (Å²) in [4.78, 5) is 11.6. The molecule has 0 aromatic heterocycles. The first-order valence-electron chi connectivity index (χ1n) is 8.45. The van der Waals surface area contributed by atoms with Crippen LogP contribution in [0.5, 0.6) is 0 Å². The molecule has 0 aliphatic carbocycles. The van der Waals surface area contributed by atoms with Gasteiger partial charge in [0.25, 0.3) is 0 Å². The van der Waals surface area contributed by atoms with Crippen molar-refractivity contribution in [3.63, 3.8) is 0 Å². The van der Waals surface area contributed by atoms with Crippen LogP contribution in [0.2, 0.25) is 0 Å². The number of aryl methyl sites for hydroxylation is 1. The van der Waals surface area contributed by atoms with Gasteiger partial charge in [0.1, 0.15) is 0 Å². The fourth-order valence-electron chi connectivity index (χ4n) is 2.63. The Bertz CT molecular complexity index is 873. The van der Waals surface area contributed by atoms with Gasteiger partial charge in [-0.3, -0.25) is 4.79 Å². The Morgan fingerprint density at radius 2 is 1.69 bits per heavy atom. The Morgan fingerprint density at radius 3 is 2.38 bits per heavy atom. The lowest BCUT2D eigenvalue weighted by Crippen LogP contribution is -2.00. The van der Waals surface area contributed by atoms with E-state index in [0.29, 0.717) is 0 Å².